The molecular formula is C14H25N5. The Morgan fingerprint density at radius 3 is 3.00 bits per heavy atom. The van der Waals surface area contributed by atoms with Gasteiger partial charge >= 0.3 is 0 Å². The van der Waals surface area contributed by atoms with Crippen molar-refractivity contribution in [3.63, 3.8) is 0 Å². The van der Waals surface area contributed by atoms with E-state index in [9.17, 15) is 0 Å². The average Bonchev–Trinajstić information content (AvgIpc) is 2.45. The fourth-order valence-corrected chi connectivity index (χ4v) is 2.35. The predicted octanol–water partition coefficient (Wildman–Crippen LogP) is 1.73. The van der Waals surface area contributed by atoms with Crippen molar-refractivity contribution in [2.24, 2.45) is 5.92 Å². The fraction of sp³-hybridized carbons (Fsp3) is 0.714. The van der Waals surface area contributed by atoms with Crippen molar-refractivity contribution in [2.45, 2.75) is 32.7 Å². The number of nitrogens with zero attached hydrogens (tertiary/aromatic N) is 3. The van der Waals surface area contributed by atoms with Crippen molar-refractivity contribution in [2.75, 3.05) is 36.9 Å². The van der Waals surface area contributed by atoms with E-state index < -0.39 is 0 Å². The number of nitrogens with one attached hydrogen (secondary N) is 2. The largest absolute Gasteiger partial charge is 0.370 e. The Hall–Kier alpha value is -1.36. The Morgan fingerprint density at radius 1 is 1.42 bits per heavy atom. The number of hydrogen-bond donors (Lipinski definition) is 2. The molecule has 106 valence electrons. The molecule has 0 aliphatic carbocycles. The first-order chi connectivity index (χ1) is 9.19. The summed E-state index contributed by atoms with van der Waals surface area (Å²) in [6, 6.07) is 2.62. The highest BCUT2D eigenvalue weighted by molar-refractivity contribution is 5.48. The van der Waals surface area contributed by atoms with E-state index in [2.05, 4.69) is 45.4 Å². The van der Waals surface area contributed by atoms with E-state index >= 15 is 0 Å². The molecule has 5 nitrogen and oxygen atoms in total. The lowest BCUT2D eigenvalue weighted by molar-refractivity contribution is 0.447. The van der Waals surface area contributed by atoms with Crippen LogP contribution in [-0.2, 0) is 0 Å². The molecule has 1 fully saturated rings. The SMILES string of the molecule is CNC1CCCN(c2cc(NCC(C)C)ncn2)C1. The van der Waals surface area contributed by atoms with Gasteiger partial charge in [0.2, 0.25) is 0 Å². The van der Waals surface area contributed by atoms with E-state index in [1.807, 2.05) is 7.05 Å². The van der Waals surface area contributed by atoms with Crippen LogP contribution < -0.4 is 15.5 Å². The third kappa shape index (κ3) is 4.06. The molecule has 0 bridgehead atoms. The molecule has 0 aromatic carbocycles. The number of piperidine rings is 1. The molecule has 2 heterocycles. The standard InChI is InChI=1S/C14H25N5/c1-11(2)8-16-13-7-14(18-10-17-13)19-6-4-5-12(9-19)15-3/h7,10-12,15H,4-6,8-9H2,1-3H3,(H,16,17,18). The molecule has 1 aromatic heterocycles. The quantitative estimate of drug-likeness (QED) is 0.847. The van der Waals surface area contributed by atoms with Crippen molar-refractivity contribution in [3.8, 4) is 0 Å². The van der Waals surface area contributed by atoms with Gasteiger partial charge in [-0.2, -0.15) is 0 Å². The molecule has 0 saturated carbocycles. The summed E-state index contributed by atoms with van der Waals surface area (Å²) in [5.41, 5.74) is 0. The maximum Gasteiger partial charge on any atom is 0.134 e. The zero-order chi connectivity index (χ0) is 13.7. The van der Waals surface area contributed by atoms with E-state index in [1.165, 1.54) is 12.8 Å². The lowest BCUT2D eigenvalue weighted by Crippen LogP contribution is -2.44. The first-order valence-electron chi connectivity index (χ1n) is 7.17. The van der Waals surface area contributed by atoms with Crippen molar-refractivity contribution >= 4 is 11.6 Å². The van der Waals surface area contributed by atoms with Gasteiger partial charge in [0.25, 0.3) is 0 Å². The van der Waals surface area contributed by atoms with Gasteiger partial charge < -0.3 is 15.5 Å². The summed E-state index contributed by atoms with van der Waals surface area (Å²) in [6.45, 7) is 7.43. The third-order valence-electron chi connectivity index (χ3n) is 3.50. The van der Waals surface area contributed by atoms with Gasteiger partial charge in [0.15, 0.2) is 0 Å². The molecule has 5 heteroatoms. The van der Waals surface area contributed by atoms with Crippen LogP contribution >= 0.6 is 0 Å². The van der Waals surface area contributed by atoms with Gasteiger partial charge in [-0.05, 0) is 25.8 Å². The number of likely N-dealkylation sites (N-methyl/N-ethyl adjacent to an activating group) is 1. The van der Waals surface area contributed by atoms with E-state index in [4.69, 9.17) is 0 Å². The highest BCUT2D eigenvalue weighted by Crippen LogP contribution is 2.19. The van der Waals surface area contributed by atoms with E-state index in [0.717, 1.165) is 31.3 Å². The normalized spacial score (nSPS) is 19.8. The van der Waals surface area contributed by atoms with Gasteiger partial charge in [-0.15, -0.1) is 0 Å². The summed E-state index contributed by atoms with van der Waals surface area (Å²) in [7, 11) is 2.03. The Bertz CT molecular complexity index is 393. The van der Waals surface area contributed by atoms with E-state index in [1.54, 1.807) is 6.33 Å². The van der Waals surface area contributed by atoms with Crippen LogP contribution in [0.1, 0.15) is 26.7 Å². The number of rotatable bonds is 5. The molecule has 1 unspecified atom stereocenters. The van der Waals surface area contributed by atoms with Gasteiger partial charge in [-0.25, -0.2) is 9.97 Å². The maximum atomic E-state index is 4.41. The van der Waals surface area contributed by atoms with Crippen LogP contribution in [-0.4, -0.2) is 42.7 Å². The molecule has 0 amide bonds. The molecule has 2 rings (SSSR count). The Morgan fingerprint density at radius 2 is 2.26 bits per heavy atom. The molecule has 1 aliphatic rings. The summed E-state index contributed by atoms with van der Waals surface area (Å²) in [5.74, 6) is 2.56. The first kappa shape index (κ1) is 14.1. The van der Waals surface area contributed by atoms with Gasteiger partial charge in [-0.3, -0.25) is 0 Å². The van der Waals surface area contributed by atoms with Gasteiger partial charge in [0.1, 0.15) is 18.0 Å². The summed E-state index contributed by atoms with van der Waals surface area (Å²) in [4.78, 5) is 11.0. The van der Waals surface area contributed by atoms with Crippen molar-refractivity contribution in [1.82, 2.24) is 15.3 Å². The number of hydrogen-bond acceptors (Lipinski definition) is 5. The molecule has 1 atom stereocenters. The van der Waals surface area contributed by atoms with Crippen LogP contribution in [0.2, 0.25) is 0 Å². The fourth-order valence-electron chi connectivity index (χ4n) is 2.35. The number of aromatic nitrogens is 2. The Balaban J connectivity index is 2.01. The second-order valence-electron chi connectivity index (χ2n) is 5.61. The minimum absolute atomic E-state index is 0.566. The topological polar surface area (TPSA) is 53.1 Å². The summed E-state index contributed by atoms with van der Waals surface area (Å²) in [5, 5.41) is 6.71. The number of anilines is 2. The molecule has 0 spiro atoms. The van der Waals surface area contributed by atoms with Crippen LogP contribution in [0.5, 0.6) is 0 Å². The van der Waals surface area contributed by atoms with Crippen molar-refractivity contribution < 1.29 is 0 Å². The molecule has 19 heavy (non-hydrogen) atoms. The summed E-state index contributed by atoms with van der Waals surface area (Å²) < 4.78 is 0. The highest BCUT2D eigenvalue weighted by Gasteiger charge is 2.19. The Kier molecular flexibility index (Phi) is 4.96. The van der Waals surface area contributed by atoms with Crippen LogP contribution in [0.3, 0.4) is 0 Å². The zero-order valence-corrected chi connectivity index (χ0v) is 12.2. The van der Waals surface area contributed by atoms with Gasteiger partial charge in [0, 0.05) is 31.7 Å². The second kappa shape index (κ2) is 6.70. The van der Waals surface area contributed by atoms with Crippen LogP contribution in [0.4, 0.5) is 11.6 Å². The van der Waals surface area contributed by atoms with E-state index in [0.29, 0.717) is 12.0 Å². The smallest absolute Gasteiger partial charge is 0.134 e. The zero-order valence-electron chi connectivity index (χ0n) is 12.2. The van der Waals surface area contributed by atoms with Crippen molar-refractivity contribution in [3.05, 3.63) is 12.4 Å². The Labute approximate surface area is 115 Å². The minimum Gasteiger partial charge on any atom is -0.370 e. The van der Waals surface area contributed by atoms with Gasteiger partial charge in [0.05, 0.1) is 0 Å². The van der Waals surface area contributed by atoms with Crippen LogP contribution in [0, 0.1) is 5.92 Å². The molecule has 2 N–H and O–H groups in total. The summed E-state index contributed by atoms with van der Waals surface area (Å²) in [6.07, 6.45) is 4.11. The van der Waals surface area contributed by atoms with Crippen LogP contribution in [0.25, 0.3) is 0 Å². The van der Waals surface area contributed by atoms with Crippen LogP contribution in [0.15, 0.2) is 12.4 Å². The molecular weight excluding hydrogens is 238 g/mol. The van der Waals surface area contributed by atoms with Crippen molar-refractivity contribution in [1.29, 1.82) is 0 Å². The first-order valence-corrected chi connectivity index (χ1v) is 7.17. The molecule has 0 radical (unpaired) electrons. The highest BCUT2D eigenvalue weighted by atomic mass is 15.2. The lowest BCUT2D eigenvalue weighted by atomic mass is 10.1. The second-order valence-corrected chi connectivity index (χ2v) is 5.61. The monoisotopic (exact) mass is 263 g/mol. The minimum atomic E-state index is 0.566. The molecule has 1 saturated heterocycles. The lowest BCUT2D eigenvalue weighted by Gasteiger charge is -2.33. The third-order valence-corrected chi connectivity index (χ3v) is 3.50. The van der Waals surface area contributed by atoms with Gasteiger partial charge in [-0.1, -0.05) is 13.8 Å². The maximum absolute atomic E-state index is 4.41. The predicted molar refractivity (Wildman–Crippen MR) is 79.7 cm³/mol. The van der Waals surface area contributed by atoms with E-state index in [-0.39, 0.29) is 0 Å². The molecule has 1 aliphatic heterocycles. The molecule has 1 aromatic rings. The summed E-state index contributed by atoms with van der Waals surface area (Å²) >= 11 is 0. The average molecular weight is 263 g/mol.